The summed E-state index contributed by atoms with van der Waals surface area (Å²) in [6.07, 6.45) is 3.33. The summed E-state index contributed by atoms with van der Waals surface area (Å²) in [4.78, 5) is 7.02. The summed E-state index contributed by atoms with van der Waals surface area (Å²) < 4.78 is 17.0. The Labute approximate surface area is 222 Å². The van der Waals surface area contributed by atoms with Gasteiger partial charge in [-0.2, -0.15) is 0 Å². The van der Waals surface area contributed by atoms with Crippen LogP contribution in [0.2, 0.25) is 0 Å². The second-order valence-corrected chi connectivity index (χ2v) is 11.1. The molecule has 0 aliphatic carbocycles. The van der Waals surface area contributed by atoms with Crippen LogP contribution >= 0.6 is 0 Å². The molecule has 2 aliphatic rings. The molecule has 2 aromatic carbocycles. The topological polar surface area (TPSA) is 57.6 Å². The number of aliphatic hydroxyl groups is 1. The lowest BCUT2D eigenvalue weighted by molar-refractivity contribution is 0.0162. The highest BCUT2D eigenvalue weighted by molar-refractivity contribution is 5.43. The van der Waals surface area contributed by atoms with Crippen LogP contribution in [0.4, 0.5) is 0 Å². The number of hydrogen-bond acceptors (Lipinski definition) is 7. The highest BCUT2D eigenvalue weighted by atomic mass is 16.5. The second kappa shape index (κ2) is 13.0. The summed E-state index contributed by atoms with van der Waals surface area (Å²) in [5.74, 6) is 3.28. The number of likely N-dealkylation sites (N-methyl/N-ethyl adjacent to an activating group) is 1. The van der Waals surface area contributed by atoms with E-state index in [1.807, 2.05) is 18.2 Å². The molecular formula is C30H45N3O4. The van der Waals surface area contributed by atoms with E-state index in [0.29, 0.717) is 19.7 Å². The first-order chi connectivity index (χ1) is 17.9. The summed E-state index contributed by atoms with van der Waals surface area (Å²) in [6.45, 7) is 10.1. The van der Waals surface area contributed by atoms with Crippen molar-refractivity contribution >= 4 is 0 Å². The lowest BCUT2D eigenvalue weighted by atomic mass is 9.99. The van der Waals surface area contributed by atoms with Gasteiger partial charge in [0.1, 0.15) is 12.4 Å². The van der Waals surface area contributed by atoms with E-state index in [0.717, 1.165) is 55.8 Å². The van der Waals surface area contributed by atoms with Gasteiger partial charge in [0.15, 0.2) is 11.5 Å². The third-order valence-corrected chi connectivity index (χ3v) is 7.76. The Hall–Kier alpha value is -2.32. The minimum atomic E-state index is -0.708. The average molecular weight is 512 g/mol. The van der Waals surface area contributed by atoms with Crippen LogP contribution in [0.3, 0.4) is 0 Å². The first-order valence-electron chi connectivity index (χ1n) is 13.6. The molecule has 2 heterocycles. The smallest absolute Gasteiger partial charge is 0.161 e. The van der Waals surface area contributed by atoms with Crippen LogP contribution in [-0.2, 0) is 13.1 Å². The van der Waals surface area contributed by atoms with Crippen LogP contribution in [0.15, 0.2) is 42.5 Å². The molecule has 1 atom stereocenters. The van der Waals surface area contributed by atoms with Crippen molar-refractivity contribution in [3.8, 4) is 17.2 Å². The van der Waals surface area contributed by atoms with Crippen LogP contribution in [0.5, 0.6) is 17.2 Å². The Morgan fingerprint density at radius 1 is 0.946 bits per heavy atom. The lowest BCUT2D eigenvalue weighted by Crippen LogP contribution is -2.43. The van der Waals surface area contributed by atoms with Crippen molar-refractivity contribution in [3.05, 3.63) is 53.6 Å². The average Bonchev–Trinajstić information content (AvgIpc) is 3.25. The first-order valence-corrected chi connectivity index (χ1v) is 13.6. The lowest BCUT2D eigenvalue weighted by Gasteiger charge is -2.30. The summed E-state index contributed by atoms with van der Waals surface area (Å²) in [6, 6.07) is 14.3. The second-order valence-electron chi connectivity index (χ2n) is 11.1. The minimum absolute atomic E-state index is 0.640. The van der Waals surface area contributed by atoms with Gasteiger partial charge in [-0.1, -0.05) is 25.1 Å². The number of methoxy groups -OCH3 is 2. The molecule has 4 rings (SSSR count). The molecule has 204 valence electrons. The number of ether oxygens (including phenoxy) is 3. The van der Waals surface area contributed by atoms with E-state index in [4.69, 9.17) is 14.2 Å². The summed E-state index contributed by atoms with van der Waals surface area (Å²) >= 11 is 0. The number of β-amino-alcohol motifs (C(OH)–C–C–N with tert-alkyl or cyclic N) is 1. The standard InChI is InChI=1S/C30H45N3O4/c1-24-11-14-32(15-12-24)17-18-37-28-10-7-26(19-29(28)36-4)21-33-16-13-30(34,23-33)22-31(2)20-25-5-8-27(35-3)9-6-25/h5-10,19,24,34H,11-18,20-23H2,1-4H3/t30-/m0/s1. The number of piperidine rings is 1. The molecular weight excluding hydrogens is 466 g/mol. The van der Waals surface area contributed by atoms with Gasteiger partial charge in [-0.3, -0.25) is 14.7 Å². The summed E-state index contributed by atoms with van der Waals surface area (Å²) in [5, 5.41) is 11.3. The van der Waals surface area contributed by atoms with Gasteiger partial charge in [-0.25, -0.2) is 0 Å². The van der Waals surface area contributed by atoms with Gasteiger partial charge in [-0.05, 0) is 80.7 Å². The Morgan fingerprint density at radius 2 is 1.68 bits per heavy atom. The van der Waals surface area contributed by atoms with Crippen LogP contribution < -0.4 is 14.2 Å². The molecule has 0 aromatic heterocycles. The fourth-order valence-corrected chi connectivity index (χ4v) is 5.56. The van der Waals surface area contributed by atoms with Gasteiger partial charge in [0.2, 0.25) is 0 Å². The van der Waals surface area contributed by atoms with Gasteiger partial charge in [-0.15, -0.1) is 0 Å². The van der Waals surface area contributed by atoms with Crippen molar-refractivity contribution in [2.45, 2.75) is 44.9 Å². The Morgan fingerprint density at radius 3 is 2.38 bits per heavy atom. The molecule has 2 saturated heterocycles. The van der Waals surface area contributed by atoms with E-state index in [-0.39, 0.29) is 0 Å². The molecule has 37 heavy (non-hydrogen) atoms. The molecule has 7 nitrogen and oxygen atoms in total. The van der Waals surface area contributed by atoms with Crippen molar-refractivity contribution in [2.75, 3.05) is 67.1 Å². The minimum Gasteiger partial charge on any atom is -0.497 e. The van der Waals surface area contributed by atoms with E-state index in [9.17, 15) is 5.11 Å². The molecule has 2 aromatic rings. The van der Waals surface area contributed by atoms with Crippen molar-refractivity contribution in [1.29, 1.82) is 0 Å². The Balaban J connectivity index is 1.24. The van der Waals surface area contributed by atoms with Gasteiger partial charge >= 0.3 is 0 Å². The van der Waals surface area contributed by atoms with E-state index in [2.05, 4.69) is 52.9 Å². The maximum atomic E-state index is 11.3. The SMILES string of the molecule is COc1ccc(CN(C)C[C@@]2(O)CCN(Cc3ccc(OCCN4CCC(C)CC4)c(OC)c3)C2)cc1. The van der Waals surface area contributed by atoms with Gasteiger partial charge in [0.05, 0.1) is 19.8 Å². The molecule has 2 aliphatic heterocycles. The van der Waals surface area contributed by atoms with Gasteiger partial charge < -0.3 is 19.3 Å². The van der Waals surface area contributed by atoms with Gasteiger partial charge in [0, 0.05) is 39.3 Å². The summed E-state index contributed by atoms with van der Waals surface area (Å²) in [5.41, 5.74) is 1.67. The Bertz CT molecular complexity index is 977. The van der Waals surface area contributed by atoms with Crippen molar-refractivity contribution in [2.24, 2.45) is 5.92 Å². The van der Waals surface area contributed by atoms with Crippen molar-refractivity contribution in [3.63, 3.8) is 0 Å². The number of likely N-dealkylation sites (tertiary alicyclic amines) is 2. The maximum absolute atomic E-state index is 11.3. The fourth-order valence-electron chi connectivity index (χ4n) is 5.56. The molecule has 0 amide bonds. The van der Waals surface area contributed by atoms with Crippen LogP contribution in [0.1, 0.15) is 37.3 Å². The van der Waals surface area contributed by atoms with Crippen molar-refractivity contribution in [1.82, 2.24) is 14.7 Å². The van der Waals surface area contributed by atoms with E-state index in [1.54, 1.807) is 14.2 Å². The maximum Gasteiger partial charge on any atom is 0.161 e. The molecule has 0 spiro atoms. The molecule has 0 radical (unpaired) electrons. The van der Waals surface area contributed by atoms with Crippen LogP contribution in [0.25, 0.3) is 0 Å². The first kappa shape index (κ1) is 27.7. The van der Waals surface area contributed by atoms with E-state index >= 15 is 0 Å². The number of nitrogens with zero attached hydrogens (tertiary/aromatic N) is 3. The predicted molar refractivity (Wildman–Crippen MR) is 147 cm³/mol. The van der Waals surface area contributed by atoms with Gasteiger partial charge in [0.25, 0.3) is 0 Å². The molecule has 0 bridgehead atoms. The fraction of sp³-hybridized carbons (Fsp3) is 0.600. The molecule has 2 fully saturated rings. The molecule has 1 N–H and O–H groups in total. The zero-order valence-corrected chi connectivity index (χ0v) is 23.1. The zero-order valence-electron chi connectivity index (χ0n) is 23.1. The number of rotatable bonds is 12. The summed E-state index contributed by atoms with van der Waals surface area (Å²) in [7, 11) is 5.45. The van der Waals surface area contributed by atoms with E-state index < -0.39 is 5.60 Å². The molecule has 0 saturated carbocycles. The molecule has 0 unspecified atom stereocenters. The molecule has 7 heteroatoms. The third-order valence-electron chi connectivity index (χ3n) is 7.76. The van der Waals surface area contributed by atoms with Crippen molar-refractivity contribution < 1.29 is 19.3 Å². The number of hydrogen-bond donors (Lipinski definition) is 1. The third kappa shape index (κ3) is 8.08. The highest BCUT2D eigenvalue weighted by Crippen LogP contribution is 2.30. The highest BCUT2D eigenvalue weighted by Gasteiger charge is 2.36. The monoisotopic (exact) mass is 511 g/mol. The number of benzene rings is 2. The predicted octanol–water partition coefficient (Wildman–Crippen LogP) is 3.88. The largest absolute Gasteiger partial charge is 0.497 e. The Kier molecular flexibility index (Phi) is 9.71. The quantitative estimate of drug-likeness (QED) is 0.464. The normalized spacial score (nSPS) is 21.5. The van der Waals surface area contributed by atoms with Crippen LogP contribution in [0, 0.1) is 5.92 Å². The van der Waals surface area contributed by atoms with E-state index in [1.165, 1.54) is 37.1 Å². The van der Waals surface area contributed by atoms with Crippen LogP contribution in [-0.4, -0.2) is 92.5 Å². The zero-order chi connectivity index (χ0) is 26.3.